The lowest BCUT2D eigenvalue weighted by atomic mass is 9.45. The first-order valence-electron chi connectivity index (χ1n) is 18.9. The van der Waals surface area contributed by atoms with E-state index in [0.717, 1.165) is 55.5 Å². The van der Waals surface area contributed by atoms with E-state index < -0.39 is 16.4 Å². The number of carbonyl (C=O) groups excluding carboxylic acids is 2. The fourth-order valence-corrected chi connectivity index (χ4v) is 11.4. The summed E-state index contributed by atoms with van der Waals surface area (Å²) in [6, 6.07) is 7.62. The predicted molar refractivity (Wildman–Crippen MR) is 187 cm³/mol. The van der Waals surface area contributed by atoms with Gasteiger partial charge in [0, 0.05) is 31.8 Å². The Bertz CT molecular complexity index is 1450. The van der Waals surface area contributed by atoms with E-state index in [2.05, 4.69) is 44.7 Å². The van der Waals surface area contributed by atoms with Crippen LogP contribution in [0.1, 0.15) is 84.6 Å². The molecule has 0 spiro atoms. The molecule has 5 aliphatic carbocycles. The molecule has 1 aliphatic heterocycles. The maximum Gasteiger partial charge on any atom is 0.320 e. The zero-order chi connectivity index (χ0) is 34.6. The van der Waals surface area contributed by atoms with Crippen molar-refractivity contribution in [1.29, 1.82) is 0 Å². The molecule has 0 radical (unpaired) electrons. The van der Waals surface area contributed by atoms with E-state index in [0.29, 0.717) is 31.4 Å². The maximum atomic E-state index is 15.2. The van der Waals surface area contributed by atoms with Gasteiger partial charge in [0.05, 0.1) is 36.9 Å². The average Bonchev–Trinajstić information content (AvgIpc) is 3.63. The van der Waals surface area contributed by atoms with Gasteiger partial charge in [-0.15, -0.1) is 0 Å². The number of allylic oxidation sites excluding steroid dienone is 2. The molecule has 6 aliphatic rings. The standard InChI is InChI=1S/C41H57NO7/c1-26(2)36-18-30-19-39(25-43)35-17-12-27(3)34(35)20-40(30,41(36,39)38(44)47-23-29-13-15-32(45-5)16-14-29)48-24-33-21-42(31-10-8-7-9-11-31)22-37(46-6)28(4)49-33/h10,13-16,18,25-28,30,33-35,37H,7-9,11-12,17,19-24H2,1-6H3/t27-,28-,30+,33-,34-,35-,37+,39+,40+,41+/m1/s1. The molecular formula is C41H57NO7. The van der Waals surface area contributed by atoms with Crippen molar-refractivity contribution in [3.05, 3.63) is 53.3 Å². The Labute approximate surface area is 292 Å². The molecule has 4 bridgehead atoms. The third-order valence-electron chi connectivity index (χ3n) is 13.6. The van der Waals surface area contributed by atoms with Gasteiger partial charge in [0.25, 0.3) is 0 Å². The largest absolute Gasteiger partial charge is 0.497 e. The van der Waals surface area contributed by atoms with Gasteiger partial charge in [-0.2, -0.15) is 0 Å². The van der Waals surface area contributed by atoms with Crippen LogP contribution in [-0.4, -0.2) is 75.0 Å². The molecule has 10 atom stereocenters. The number of esters is 1. The number of rotatable bonds is 11. The first kappa shape index (κ1) is 34.8. The van der Waals surface area contributed by atoms with Gasteiger partial charge in [0.15, 0.2) is 0 Å². The number of methoxy groups -OCH3 is 2. The second-order valence-electron chi connectivity index (χ2n) is 16.2. The third-order valence-corrected chi connectivity index (χ3v) is 13.6. The number of benzene rings is 1. The molecule has 7 rings (SSSR count). The van der Waals surface area contributed by atoms with Crippen molar-refractivity contribution < 1.29 is 33.3 Å². The van der Waals surface area contributed by atoms with E-state index in [9.17, 15) is 4.79 Å². The topological polar surface area (TPSA) is 83.5 Å². The second kappa shape index (κ2) is 13.5. The zero-order valence-electron chi connectivity index (χ0n) is 30.5. The highest BCUT2D eigenvalue weighted by molar-refractivity contribution is 5.92. The molecule has 1 saturated heterocycles. The van der Waals surface area contributed by atoms with Crippen LogP contribution in [0.2, 0.25) is 0 Å². The number of hydrogen-bond donors (Lipinski definition) is 0. The van der Waals surface area contributed by atoms with Gasteiger partial charge in [-0.3, -0.25) is 4.79 Å². The van der Waals surface area contributed by atoms with E-state index in [-0.39, 0.29) is 48.6 Å². The molecule has 8 heteroatoms. The number of carbonyl (C=O) groups is 2. The van der Waals surface area contributed by atoms with Gasteiger partial charge in [0.2, 0.25) is 0 Å². The monoisotopic (exact) mass is 675 g/mol. The lowest BCUT2D eigenvalue weighted by Crippen LogP contribution is -2.67. The molecule has 1 heterocycles. The molecule has 3 saturated carbocycles. The summed E-state index contributed by atoms with van der Waals surface area (Å²) in [5, 5.41) is 0. The highest BCUT2D eigenvalue weighted by Gasteiger charge is 2.85. The van der Waals surface area contributed by atoms with Gasteiger partial charge >= 0.3 is 5.97 Å². The van der Waals surface area contributed by atoms with Crippen LogP contribution in [0, 0.1) is 40.4 Å². The summed E-state index contributed by atoms with van der Waals surface area (Å²) in [7, 11) is 3.41. The molecule has 8 nitrogen and oxygen atoms in total. The molecule has 1 aromatic rings. The first-order chi connectivity index (χ1) is 23.6. The van der Waals surface area contributed by atoms with E-state index in [4.69, 9.17) is 23.7 Å². The summed E-state index contributed by atoms with van der Waals surface area (Å²) in [6.45, 7) is 10.7. The van der Waals surface area contributed by atoms with Crippen molar-refractivity contribution in [2.75, 3.05) is 33.9 Å². The summed E-state index contributed by atoms with van der Waals surface area (Å²) in [5.41, 5.74) is 0.351. The Morgan fingerprint density at radius 1 is 1.08 bits per heavy atom. The molecule has 268 valence electrons. The fraction of sp³-hybridized carbons (Fsp3) is 0.707. The molecule has 49 heavy (non-hydrogen) atoms. The van der Waals surface area contributed by atoms with Gasteiger partial charge in [0.1, 0.15) is 30.2 Å². The van der Waals surface area contributed by atoms with E-state index in [1.165, 1.54) is 24.8 Å². The quantitative estimate of drug-likeness (QED) is 0.142. The smallest absolute Gasteiger partial charge is 0.320 e. The molecule has 0 unspecified atom stereocenters. The fourth-order valence-electron chi connectivity index (χ4n) is 11.4. The minimum absolute atomic E-state index is 0.0477. The van der Waals surface area contributed by atoms with Crippen molar-refractivity contribution in [2.24, 2.45) is 40.4 Å². The van der Waals surface area contributed by atoms with Crippen molar-refractivity contribution in [2.45, 2.75) is 110 Å². The molecule has 4 fully saturated rings. The average molecular weight is 676 g/mol. The van der Waals surface area contributed by atoms with Crippen LogP contribution >= 0.6 is 0 Å². The Morgan fingerprint density at radius 3 is 2.55 bits per heavy atom. The van der Waals surface area contributed by atoms with Gasteiger partial charge in [-0.05, 0) is 93.2 Å². The highest BCUT2D eigenvalue weighted by atomic mass is 16.6. The Hall–Kier alpha value is -2.68. The number of fused-ring (bicyclic) bond motifs is 2. The van der Waals surface area contributed by atoms with E-state index in [1.807, 2.05) is 24.3 Å². The van der Waals surface area contributed by atoms with Crippen LogP contribution in [0.25, 0.3) is 0 Å². The molecule has 0 N–H and O–H groups in total. The van der Waals surface area contributed by atoms with Crippen molar-refractivity contribution >= 4 is 12.3 Å². The number of aldehydes is 1. The summed E-state index contributed by atoms with van der Waals surface area (Å²) < 4.78 is 31.8. The van der Waals surface area contributed by atoms with Crippen molar-refractivity contribution in [3.63, 3.8) is 0 Å². The summed E-state index contributed by atoms with van der Waals surface area (Å²) in [4.78, 5) is 31.5. The van der Waals surface area contributed by atoms with Crippen molar-refractivity contribution in [1.82, 2.24) is 4.90 Å². The highest BCUT2D eigenvalue weighted by Crippen LogP contribution is 2.80. The van der Waals surface area contributed by atoms with Crippen LogP contribution in [0.3, 0.4) is 0 Å². The van der Waals surface area contributed by atoms with E-state index in [1.54, 1.807) is 14.2 Å². The summed E-state index contributed by atoms with van der Waals surface area (Å²) in [6.07, 6.45) is 13.5. The molecule has 0 amide bonds. The van der Waals surface area contributed by atoms with Crippen LogP contribution in [-0.2, 0) is 35.1 Å². The van der Waals surface area contributed by atoms with Crippen LogP contribution < -0.4 is 4.74 Å². The lowest BCUT2D eigenvalue weighted by molar-refractivity contribution is -0.222. The third kappa shape index (κ3) is 5.33. The Morgan fingerprint density at radius 2 is 1.88 bits per heavy atom. The van der Waals surface area contributed by atoms with Crippen LogP contribution in [0.15, 0.2) is 47.7 Å². The number of ether oxygens (including phenoxy) is 5. The predicted octanol–water partition coefficient (Wildman–Crippen LogP) is 6.91. The Balaban J connectivity index is 1.26. The van der Waals surface area contributed by atoms with E-state index >= 15 is 4.79 Å². The SMILES string of the molecule is COc1ccc(COC(=O)[C@@]23C(C(C)C)=C[C@H]4C[C@]2(C=O)[C@@H]2CC[C@@H](C)[C@H]2C[C@]43OC[C@H]2CN(C3=CCCCC3)C[C@H](OC)[C@@H](C)O2)cc1. The van der Waals surface area contributed by atoms with Crippen molar-refractivity contribution in [3.8, 4) is 5.75 Å². The van der Waals surface area contributed by atoms with Gasteiger partial charge in [-0.25, -0.2) is 0 Å². The van der Waals surface area contributed by atoms with Crippen LogP contribution in [0.4, 0.5) is 0 Å². The lowest BCUT2D eigenvalue weighted by Gasteiger charge is -2.58. The van der Waals surface area contributed by atoms with Crippen LogP contribution in [0.5, 0.6) is 5.75 Å². The van der Waals surface area contributed by atoms with Gasteiger partial charge < -0.3 is 33.4 Å². The molecular weight excluding hydrogens is 618 g/mol. The normalized spacial score (nSPS) is 39.7. The zero-order valence-corrected chi connectivity index (χ0v) is 30.5. The maximum absolute atomic E-state index is 15.2. The Kier molecular flexibility index (Phi) is 9.55. The summed E-state index contributed by atoms with van der Waals surface area (Å²) in [5.74, 6) is 1.36. The number of hydrogen-bond acceptors (Lipinski definition) is 8. The summed E-state index contributed by atoms with van der Waals surface area (Å²) >= 11 is 0. The number of nitrogens with zero attached hydrogens (tertiary/aromatic N) is 1. The minimum atomic E-state index is -1.19. The first-order valence-corrected chi connectivity index (χ1v) is 18.9. The minimum Gasteiger partial charge on any atom is -0.497 e. The second-order valence-corrected chi connectivity index (χ2v) is 16.2. The van der Waals surface area contributed by atoms with Gasteiger partial charge in [-0.1, -0.05) is 57.0 Å². The molecule has 1 aromatic carbocycles. The molecule has 0 aromatic heterocycles.